The first-order valence-corrected chi connectivity index (χ1v) is 14.9. The van der Waals surface area contributed by atoms with Gasteiger partial charge in [0.25, 0.3) is 0 Å². The van der Waals surface area contributed by atoms with E-state index in [1.54, 1.807) is 0 Å². The number of ether oxygens (including phenoxy) is 2. The lowest BCUT2D eigenvalue weighted by Gasteiger charge is -2.61. The summed E-state index contributed by atoms with van der Waals surface area (Å²) < 4.78 is 12.3. The highest BCUT2D eigenvalue weighted by Gasteiger charge is 2.64. The molecule has 5 nitrogen and oxygen atoms in total. The standard InChI is InChI=1S/C31H48O5/c1-5-21-25-18-20(36-27-8-6-7-17-35-27)13-15-31(25,4)24-14-16-30(3)22(19(2)9-12-26(32)33)10-11-23(30)28(24)29(21)34/h5,19-20,22-25,27-28H,6-18H2,1-4H3,(H,32,33)/b21-5+/t19-,20-,22?,23?,24?,25?,27?,28?,30-,31-/m1/s1. The number of fused-ring (bicyclic) bond motifs is 5. The van der Waals surface area contributed by atoms with Crippen LogP contribution < -0.4 is 0 Å². The topological polar surface area (TPSA) is 72.8 Å². The fraction of sp³-hybridized carbons (Fsp3) is 0.871. The molecule has 5 aliphatic rings. The summed E-state index contributed by atoms with van der Waals surface area (Å²) >= 11 is 0. The van der Waals surface area contributed by atoms with E-state index in [9.17, 15) is 14.7 Å². The van der Waals surface area contributed by atoms with Crippen molar-refractivity contribution in [1.29, 1.82) is 0 Å². The van der Waals surface area contributed by atoms with Gasteiger partial charge >= 0.3 is 5.97 Å². The maximum Gasteiger partial charge on any atom is 0.303 e. The van der Waals surface area contributed by atoms with Crippen molar-refractivity contribution in [2.45, 2.75) is 117 Å². The second-order valence-electron chi connectivity index (χ2n) is 13.4. The number of rotatable bonds is 6. The van der Waals surface area contributed by atoms with Gasteiger partial charge in [-0.2, -0.15) is 0 Å². The summed E-state index contributed by atoms with van der Waals surface area (Å²) in [7, 11) is 0. The normalized spacial score (nSPS) is 46.6. The van der Waals surface area contributed by atoms with E-state index in [0.29, 0.717) is 29.5 Å². The van der Waals surface area contributed by atoms with Crippen LogP contribution in [0.25, 0.3) is 0 Å². The van der Waals surface area contributed by atoms with Crippen LogP contribution in [0.15, 0.2) is 11.6 Å². The Bertz CT molecular complexity index is 874. The minimum absolute atomic E-state index is 0.0665. The van der Waals surface area contributed by atoms with Gasteiger partial charge in [0.2, 0.25) is 0 Å². The number of hydrogen-bond acceptors (Lipinski definition) is 4. The van der Waals surface area contributed by atoms with Crippen molar-refractivity contribution in [2.75, 3.05) is 6.61 Å². The third-order valence-electron chi connectivity index (χ3n) is 11.7. The molecule has 1 heterocycles. The molecule has 1 saturated heterocycles. The number of carbonyl (C=O) groups excluding carboxylic acids is 1. The summed E-state index contributed by atoms with van der Waals surface area (Å²) in [6, 6.07) is 0. The van der Waals surface area contributed by atoms with E-state index in [4.69, 9.17) is 9.47 Å². The number of carboxylic acid groups (broad SMARTS) is 1. The molecule has 4 aliphatic carbocycles. The Morgan fingerprint density at radius 3 is 2.56 bits per heavy atom. The van der Waals surface area contributed by atoms with Crippen molar-refractivity contribution in [3.63, 3.8) is 0 Å². The SMILES string of the molecule is C/C=C1/C(=O)C2C(CC[C@@]3(C)C2CCC3[C@H](C)CCC(=O)O)[C@@]2(C)CC[C@@H](OC3CCCCO3)CC12. The van der Waals surface area contributed by atoms with Crippen LogP contribution in [0.5, 0.6) is 0 Å². The number of aliphatic carboxylic acids is 1. The van der Waals surface area contributed by atoms with Gasteiger partial charge in [-0.15, -0.1) is 0 Å². The number of carbonyl (C=O) groups is 2. The highest BCUT2D eigenvalue weighted by atomic mass is 16.7. The van der Waals surface area contributed by atoms with E-state index < -0.39 is 5.97 Å². The molecule has 202 valence electrons. The van der Waals surface area contributed by atoms with Crippen molar-refractivity contribution in [2.24, 2.45) is 46.3 Å². The summed E-state index contributed by atoms with van der Waals surface area (Å²) in [5, 5.41) is 9.23. The molecule has 0 amide bonds. The van der Waals surface area contributed by atoms with Gasteiger partial charge in [0, 0.05) is 18.9 Å². The number of hydrogen-bond donors (Lipinski definition) is 1. The van der Waals surface area contributed by atoms with E-state index in [1.807, 2.05) is 0 Å². The van der Waals surface area contributed by atoms with E-state index >= 15 is 0 Å². The van der Waals surface area contributed by atoms with Crippen LogP contribution >= 0.6 is 0 Å². The molecule has 0 bridgehead atoms. The lowest BCUT2D eigenvalue weighted by Crippen LogP contribution is -2.58. The molecule has 6 unspecified atom stereocenters. The zero-order chi connectivity index (χ0) is 25.7. The Balaban J connectivity index is 1.36. The molecular weight excluding hydrogens is 452 g/mol. The summed E-state index contributed by atoms with van der Waals surface area (Å²) in [5.74, 6) is 1.95. The fourth-order valence-electron chi connectivity index (χ4n) is 9.86. The van der Waals surface area contributed by atoms with Crippen LogP contribution in [0.1, 0.15) is 105 Å². The molecule has 10 atom stereocenters. The monoisotopic (exact) mass is 500 g/mol. The second-order valence-corrected chi connectivity index (χ2v) is 13.4. The largest absolute Gasteiger partial charge is 0.481 e. The van der Waals surface area contributed by atoms with E-state index in [-0.39, 0.29) is 41.5 Å². The Morgan fingerprint density at radius 2 is 1.86 bits per heavy atom. The number of carboxylic acids is 1. The second kappa shape index (κ2) is 10.2. The van der Waals surface area contributed by atoms with E-state index in [2.05, 4.69) is 33.8 Å². The average molecular weight is 501 g/mol. The first-order valence-electron chi connectivity index (χ1n) is 14.9. The van der Waals surface area contributed by atoms with Gasteiger partial charge in [-0.3, -0.25) is 9.59 Å². The maximum absolute atomic E-state index is 14.2. The van der Waals surface area contributed by atoms with Gasteiger partial charge in [0.15, 0.2) is 12.1 Å². The lowest BCUT2D eigenvalue weighted by molar-refractivity contribution is -0.207. The number of Topliss-reactive ketones (excluding diaryl/α,β-unsaturated/α-hetero) is 1. The third-order valence-corrected chi connectivity index (χ3v) is 11.7. The zero-order valence-electron chi connectivity index (χ0n) is 23.0. The molecule has 0 aromatic heterocycles. The minimum Gasteiger partial charge on any atom is -0.481 e. The van der Waals surface area contributed by atoms with Crippen LogP contribution in [-0.2, 0) is 19.1 Å². The van der Waals surface area contributed by atoms with Crippen molar-refractivity contribution in [3.05, 3.63) is 11.6 Å². The van der Waals surface area contributed by atoms with E-state index in [0.717, 1.165) is 70.0 Å². The Hall–Kier alpha value is -1.20. The van der Waals surface area contributed by atoms with Crippen molar-refractivity contribution in [1.82, 2.24) is 0 Å². The third kappa shape index (κ3) is 4.40. The molecule has 0 spiro atoms. The van der Waals surface area contributed by atoms with Crippen LogP contribution in [0.4, 0.5) is 0 Å². The Kier molecular flexibility index (Phi) is 7.46. The quantitative estimate of drug-likeness (QED) is 0.321. The first-order chi connectivity index (χ1) is 17.2. The predicted octanol–water partition coefficient (Wildman–Crippen LogP) is 6.79. The van der Waals surface area contributed by atoms with Crippen LogP contribution in [-0.4, -0.2) is 35.9 Å². The Labute approximate surface area is 217 Å². The molecule has 0 radical (unpaired) electrons. The fourth-order valence-corrected chi connectivity index (χ4v) is 9.86. The summed E-state index contributed by atoms with van der Waals surface area (Å²) in [5.41, 5.74) is 1.38. The summed E-state index contributed by atoms with van der Waals surface area (Å²) in [4.78, 5) is 25.5. The zero-order valence-corrected chi connectivity index (χ0v) is 23.0. The molecule has 5 heteroatoms. The van der Waals surface area contributed by atoms with Gasteiger partial charge in [0.05, 0.1) is 6.10 Å². The van der Waals surface area contributed by atoms with Crippen LogP contribution in [0.3, 0.4) is 0 Å². The lowest BCUT2D eigenvalue weighted by atomic mass is 9.43. The predicted molar refractivity (Wildman–Crippen MR) is 139 cm³/mol. The molecular formula is C31H48O5. The van der Waals surface area contributed by atoms with E-state index in [1.165, 1.54) is 12.8 Å². The maximum atomic E-state index is 14.2. The van der Waals surface area contributed by atoms with Crippen molar-refractivity contribution in [3.8, 4) is 0 Å². The van der Waals surface area contributed by atoms with Gasteiger partial charge in [-0.25, -0.2) is 0 Å². The molecule has 1 N–H and O–H groups in total. The van der Waals surface area contributed by atoms with Gasteiger partial charge < -0.3 is 14.6 Å². The van der Waals surface area contributed by atoms with Gasteiger partial charge in [-0.1, -0.05) is 26.8 Å². The van der Waals surface area contributed by atoms with Crippen molar-refractivity contribution >= 4 is 11.8 Å². The highest BCUT2D eigenvalue weighted by Crippen LogP contribution is 2.68. The van der Waals surface area contributed by atoms with Gasteiger partial charge in [0.1, 0.15) is 0 Å². The molecule has 5 rings (SSSR count). The van der Waals surface area contributed by atoms with Crippen LogP contribution in [0, 0.1) is 46.3 Å². The number of allylic oxidation sites excluding steroid dienone is 2. The van der Waals surface area contributed by atoms with Gasteiger partial charge in [-0.05, 0) is 124 Å². The van der Waals surface area contributed by atoms with Crippen molar-refractivity contribution < 1.29 is 24.2 Å². The molecule has 36 heavy (non-hydrogen) atoms. The molecule has 0 aromatic rings. The Morgan fingerprint density at radius 1 is 1.11 bits per heavy atom. The first kappa shape index (κ1) is 26.4. The molecule has 0 aromatic carbocycles. The smallest absolute Gasteiger partial charge is 0.303 e. The molecule has 1 aliphatic heterocycles. The van der Waals surface area contributed by atoms with Crippen LogP contribution in [0.2, 0.25) is 0 Å². The molecule has 4 saturated carbocycles. The summed E-state index contributed by atoms with van der Waals surface area (Å²) in [6.07, 6.45) is 14.3. The molecule has 5 fully saturated rings. The number of ketones is 1. The average Bonchev–Trinajstić information content (AvgIpc) is 3.21. The highest BCUT2D eigenvalue weighted by molar-refractivity contribution is 5.99. The summed E-state index contributed by atoms with van der Waals surface area (Å²) in [6.45, 7) is 10.0. The minimum atomic E-state index is -0.695.